The maximum absolute atomic E-state index is 3.92. The monoisotopic (exact) mass is 294 g/mol. The van der Waals surface area contributed by atoms with Crippen LogP contribution in [0.4, 0.5) is 0 Å². The molecule has 0 aliphatic rings. The number of unbranched alkanes of at least 4 members (excludes halogenated alkanes) is 12. The van der Waals surface area contributed by atoms with Crippen LogP contribution < -0.4 is 0 Å². The topological polar surface area (TPSA) is 0 Å². The first-order valence-electron chi connectivity index (χ1n) is 9.93. The molecule has 21 heavy (non-hydrogen) atoms. The molecule has 1 atom stereocenters. The molecule has 1 unspecified atom stereocenters. The molecule has 0 aliphatic heterocycles. The molecular weight excluding hydrogens is 252 g/mol. The minimum absolute atomic E-state index is 1.00. The highest BCUT2D eigenvalue weighted by atomic mass is 14.1. The fourth-order valence-corrected chi connectivity index (χ4v) is 3.19. The van der Waals surface area contributed by atoms with Crippen LogP contribution >= 0.6 is 0 Å². The van der Waals surface area contributed by atoms with E-state index in [1.807, 2.05) is 0 Å². The fourth-order valence-electron chi connectivity index (χ4n) is 3.19. The van der Waals surface area contributed by atoms with Crippen LogP contribution in [0.1, 0.15) is 116 Å². The molecule has 0 nitrogen and oxygen atoms in total. The molecule has 0 aromatic heterocycles. The first-order chi connectivity index (χ1) is 10.3. The van der Waals surface area contributed by atoms with E-state index in [0.717, 1.165) is 18.8 Å². The number of hydrogen-bond donors (Lipinski definition) is 0. The van der Waals surface area contributed by atoms with E-state index in [9.17, 15) is 0 Å². The molecule has 0 rings (SSSR count). The van der Waals surface area contributed by atoms with E-state index in [4.69, 9.17) is 0 Å². The fraction of sp³-hybridized carbons (Fsp3) is 0.905. The average molecular weight is 295 g/mol. The third-order valence-electron chi connectivity index (χ3n) is 4.80. The molecule has 0 N–H and O–H groups in total. The molecule has 0 saturated carbocycles. The normalized spacial score (nSPS) is 12.7. The maximum atomic E-state index is 3.92. The van der Waals surface area contributed by atoms with Gasteiger partial charge in [-0.3, -0.25) is 0 Å². The number of hydrogen-bond acceptors (Lipinski definition) is 0. The highest BCUT2D eigenvalue weighted by Crippen LogP contribution is 2.21. The van der Waals surface area contributed by atoms with Crippen molar-refractivity contribution in [3.05, 3.63) is 13.8 Å². The van der Waals surface area contributed by atoms with Crippen molar-refractivity contribution >= 4 is 0 Å². The summed E-state index contributed by atoms with van der Waals surface area (Å²) in [7, 11) is 0. The Morgan fingerprint density at radius 2 is 0.857 bits per heavy atom. The van der Waals surface area contributed by atoms with Gasteiger partial charge in [-0.05, 0) is 5.92 Å². The largest absolute Gasteiger partial charge is 0.0651 e. The van der Waals surface area contributed by atoms with Gasteiger partial charge in [0.25, 0.3) is 0 Å². The van der Waals surface area contributed by atoms with Crippen LogP contribution in [0.25, 0.3) is 0 Å². The van der Waals surface area contributed by atoms with Crippen molar-refractivity contribution in [2.45, 2.75) is 116 Å². The second kappa shape index (κ2) is 18.1. The van der Waals surface area contributed by atoms with Crippen LogP contribution in [-0.2, 0) is 0 Å². The van der Waals surface area contributed by atoms with Crippen LogP contribution in [0.15, 0.2) is 0 Å². The van der Waals surface area contributed by atoms with Crippen molar-refractivity contribution in [1.82, 2.24) is 0 Å². The molecule has 0 fully saturated rings. The Kier molecular flexibility index (Phi) is 18.1. The molecule has 0 spiro atoms. The molecule has 0 saturated heterocycles. The average Bonchev–Trinajstić information content (AvgIpc) is 2.51. The Labute approximate surface area is 136 Å². The minimum atomic E-state index is 1.00. The van der Waals surface area contributed by atoms with Crippen LogP contribution in [-0.4, -0.2) is 0 Å². The molecule has 2 radical (unpaired) electrons. The Morgan fingerprint density at radius 3 is 1.19 bits per heavy atom. The predicted molar refractivity (Wildman–Crippen MR) is 98.4 cm³/mol. The van der Waals surface area contributed by atoms with E-state index in [0.29, 0.717) is 0 Å². The van der Waals surface area contributed by atoms with Gasteiger partial charge in [0.1, 0.15) is 0 Å². The van der Waals surface area contributed by atoms with Gasteiger partial charge in [0.05, 0.1) is 0 Å². The quantitative estimate of drug-likeness (QED) is 0.239. The number of rotatable bonds is 17. The van der Waals surface area contributed by atoms with Gasteiger partial charge in [0.2, 0.25) is 0 Å². The lowest BCUT2D eigenvalue weighted by Crippen LogP contribution is -1.99. The lowest BCUT2D eigenvalue weighted by atomic mass is 9.92. The van der Waals surface area contributed by atoms with Gasteiger partial charge in [-0.1, -0.05) is 130 Å². The lowest BCUT2D eigenvalue weighted by Gasteiger charge is -2.14. The second-order valence-corrected chi connectivity index (χ2v) is 6.80. The zero-order valence-corrected chi connectivity index (χ0v) is 15.0. The van der Waals surface area contributed by atoms with E-state index in [-0.39, 0.29) is 0 Å². The third kappa shape index (κ3) is 16.2. The molecule has 0 heterocycles. The van der Waals surface area contributed by atoms with E-state index < -0.39 is 0 Å². The van der Waals surface area contributed by atoms with Crippen molar-refractivity contribution in [3.8, 4) is 0 Å². The Balaban J connectivity index is 3.26. The summed E-state index contributed by atoms with van der Waals surface area (Å²) in [6.07, 6.45) is 23.6. The summed E-state index contributed by atoms with van der Waals surface area (Å²) >= 11 is 0. The van der Waals surface area contributed by atoms with Crippen LogP contribution in [0, 0.1) is 19.8 Å². The molecule has 0 aromatic rings. The summed E-state index contributed by atoms with van der Waals surface area (Å²) in [6, 6.07) is 0. The summed E-state index contributed by atoms with van der Waals surface area (Å²) < 4.78 is 0. The van der Waals surface area contributed by atoms with Gasteiger partial charge in [0, 0.05) is 0 Å². The molecule has 0 amide bonds. The van der Waals surface area contributed by atoms with Crippen LogP contribution in [0.5, 0.6) is 0 Å². The van der Waals surface area contributed by atoms with Crippen molar-refractivity contribution in [3.63, 3.8) is 0 Å². The van der Waals surface area contributed by atoms with E-state index >= 15 is 0 Å². The minimum Gasteiger partial charge on any atom is -0.0651 e. The predicted octanol–water partition coefficient (Wildman–Crippen LogP) is 7.92. The van der Waals surface area contributed by atoms with Crippen molar-refractivity contribution in [1.29, 1.82) is 0 Å². The van der Waals surface area contributed by atoms with Crippen molar-refractivity contribution in [2.75, 3.05) is 0 Å². The lowest BCUT2D eigenvalue weighted by molar-refractivity contribution is 0.393. The molecule has 0 heteroatoms. The van der Waals surface area contributed by atoms with Crippen molar-refractivity contribution < 1.29 is 0 Å². The summed E-state index contributed by atoms with van der Waals surface area (Å²) in [5.74, 6) is 1.00. The van der Waals surface area contributed by atoms with Gasteiger partial charge < -0.3 is 0 Å². The Hall–Kier alpha value is 0. The summed E-state index contributed by atoms with van der Waals surface area (Å²) in [6.45, 7) is 10.2. The maximum Gasteiger partial charge on any atom is -0.0417 e. The highest BCUT2D eigenvalue weighted by Gasteiger charge is 2.05. The molecule has 0 aromatic carbocycles. The first-order valence-corrected chi connectivity index (χ1v) is 9.93. The zero-order chi connectivity index (χ0) is 15.6. The van der Waals surface area contributed by atoms with Gasteiger partial charge in [-0.2, -0.15) is 0 Å². The molecule has 0 aliphatic carbocycles. The van der Waals surface area contributed by atoms with Crippen molar-refractivity contribution in [2.24, 2.45) is 5.92 Å². The van der Waals surface area contributed by atoms with Gasteiger partial charge in [0.15, 0.2) is 0 Å². The smallest absolute Gasteiger partial charge is 0.0417 e. The van der Waals surface area contributed by atoms with Crippen LogP contribution in [0.2, 0.25) is 0 Å². The van der Waals surface area contributed by atoms with Crippen LogP contribution in [0.3, 0.4) is 0 Å². The Morgan fingerprint density at radius 1 is 0.524 bits per heavy atom. The third-order valence-corrected chi connectivity index (χ3v) is 4.80. The zero-order valence-electron chi connectivity index (χ0n) is 15.0. The summed E-state index contributed by atoms with van der Waals surface area (Å²) in [5, 5.41) is 0. The summed E-state index contributed by atoms with van der Waals surface area (Å²) in [4.78, 5) is 0. The molecule has 0 bridgehead atoms. The second-order valence-electron chi connectivity index (χ2n) is 6.80. The molecular formula is C21H42. The highest BCUT2D eigenvalue weighted by molar-refractivity contribution is 4.59. The SMILES string of the molecule is [CH2]CCCCCCCCCCC(CC)CCCCCC[CH2]. The van der Waals surface area contributed by atoms with Gasteiger partial charge >= 0.3 is 0 Å². The van der Waals surface area contributed by atoms with Gasteiger partial charge in [-0.25, -0.2) is 0 Å². The summed E-state index contributed by atoms with van der Waals surface area (Å²) in [5.41, 5.74) is 0. The molecule has 126 valence electrons. The van der Waals surface area contributed by atoms with E-state index in [1.54, 1.807) is 0 Å². The van der Waals surface area contributed by atoms with E-state index in [1.165, 1.54) is 96.3 Å². The Bertz CT molecular complexity index is 173. The first kappa shape index (κ1) is 21.0. The van der Waals surface area contributed by atoms with E-state index in [2.05, 4.69) is 20.8 Å². The standard InChI is InChI=1S/C21H42/c1-4-7-9-11-12-13-14-16-18-20-21(6-3)19-17-15-10-8-5-2/h21H,1-2,4-20H2,3H3. The van der Waals surface area contributed by atoms with Gasteiger partial charge in [-0.15, -0.1) is 0 Å².